The molecule has 2 N–H and O–H groups in total. The molecule has 1 aliphatic heterocycles. The summed E-state index contributed by atoms with van der Waals surface area (Å²) in [6.45, 7) is 12.5. The van der Waals surface area contributed by atoms with Gasteiger partial charge in [-0.15, -0.1) is 0 Å². The molecule has 0 aromatic heterocycles. The monoisotopic (exact) mass is 407 g/mol. The largest absolute Gasteiger partial charge is 0.507 e. The van der Waals surface area contributed by atoms with Crippen LogP contribution in [0.3, 0.4) is 0 Å². The molecule has 0 unspecified atom stereocenters. The Morgan fingerprint density at radius 2 is 1.62 bits per heavy atom. The van der Waals surface area contributed by atoms with Crippen molar-refractivity contribution in [2.75, 3.05) is 5.32 Å². The summed E-state index contributed by atoms with van der Waals surface area (Å²) in [7, 11) is 0. The Hall–Kier alpha value is -2.46. The van der Waals surface area contributed by atoms with Crippen LogP contribution in [0.5, 0.6) is 5.75 Å². The average Bonchev–Trinajstić information content (AvgIpc) is 2.64. The van der Waals surface area contributed by atoms with Gasteiger partial charge in [0.1, 0.15) is 5.75 Å². The predicted octanol–water partition coefficient (Wildman–Crippen LogP) is 6.87. The number of thioether (sulfide) groups is 1. The van der Waals surface area contributed by atoms with Gasteiger partial charge in [0.05, 0.1) is 5.69 Å². The number of benzene rings is 2. The number of hydrogen-bond acceptors (Lipinski definition) is 4. The number of aromatic hydroxyl groups is 1. The third-order valence-corrected chi connectivity index (χ3v) is 5.81. The van der Waals surface area contributed by atoms with Crippen LogP contribution in [0.4, 0.5) is 5.69 Å². The molecule has 0 radical (unpaired) electrons. The summed E-state index contributed by atoms with van der Waals surface area (Å²) in [5.74, 6) is 0.311. The highest BCUT2D eigenvalue weighted by molar-refractivity contribution is 8.02. The first kappa shape index (κ1) is 21.3. The van der Waals surface area contributed by atoms with Crippen molar-refractivity contribution in [1.82, 2.24) is 0 Å². The lowest BCUT2D eigenvalue weighted by molar-refractivity contribution is 0.104. The zero-order chi connectivity index (χ0) is 21.4. The molecule has 2 aromatic carbocycles. The summed E-state index contributed by atoms with van der Waals surface area (Å²) >= 11 is 1.60. The van der Waals surface area contributed by atoms with Gasteiger partial charge in [0.2, 0.25) is 0 Å². The fraction of sp³-hybridized carbons (Fsp3) is 0.320. The zero-order valence-electron chi connectivity index (χ0n) is 18.0. The highest BCUT2D eigenvalue weighted by atomic mass is 32.2. The number of anilines is 1. The Morgan fingerprint density at radius 3 is 2.21 bits per heavy atom. The molecule has 0 amide bonds. The Kier molecular flexibility index (Phi) is 5.68. The summed E-state index contributed by atoms with van der Waals surface area (Å²) in [5.41, 5.74) is 3.97. The number of hydrogen-bond donors (Lipinski definition) is 2. The van der Waals surface area contributed by atoms with Crippen molar-refractivity contribution in [3.63, 3.8) is 0 Å². The maximum Gasteiger partial charge on any atom is 0.185 e. The molecule has 0 bridgehead atoms. The lowest BCUT2D eigenvalue weighted by Crippen LogP contribution is -2.17. The first-order chi connectivity index (χ1) is 13.5. The minimum Gasteiger partial charge on any atom is -0.507 e. The fourth-order valence-corrected chi connectivity index (χ4v) is 4.02. The molecular weight excluding hydrogens is 378 g/mol. The van der Waals surface area contributed by atoms with Crippen molar-refractivity contribution < 1.29 is 9.90 Å². The zero-order valence-corrected chi connectivity index (χ0v) is 18.8. The minimum atomic E-state index is -0.200. The maximum atomic E-state index is 12.8. The number of allylic oxidation sites excluding steroid dienone is 1. The Labute approximate surface area is 177 Å². The van der Waals surface area contributed by atoms with Crippen LogP contribution in [0.15, 0.2) is 52.9 Å². The van der Waals surface area contributed by atoms with Crippen molar-refractivity contribution in [3.8, 4) is 5.75 Å². The molecule has 0 saturated heterocycles. The van der Waals surface area contributed by atoms with Gasteiger partial charge >= 0.3 is 0 Å². The molecule has 1 aliphatic rings. The first-order valence-electron chi connectivity index (χ1n) is 9.79. The van der Waals surface area contributed by atoms with E-state index >= 15 is 0 Å². The van der Waals surface area contributed by atoms with Crippen LogP contribution >= 0.6 is 11.8 Å². The van der Waals surface area contributed by atoms with E-state index in [0.29, 0.717) is 11.3 Å². The van der Waals surface area contributed by atoms with Gasteiger partial charge < -0.3 is 10.4 Å². The predicted molar refractivity (Wildman–Crippen MR) is 124 cm³/mol. The lowest BCUT2D eigenvalue weighted by atomic mass is 9.78. The molecule has 0 atom stereocenters. The van der Waals surface area contributed by atoms with Crippen molar-refractivity contribution in [2.24, 2.45) is 0 Å². The molecule has 0 spiro atoms. The quantitative estimate of drug-likeness (QED) is 0.430. The minimum absolute atomic E-state index is 0.0364. The summed E-state index contributed by atoms with van der Waals surface area (Å²) in [5, 5.41) is 16.0. The van der Waals surface area contributed by atoms with Crippen LogP contribution < -0.4 is 5.32 Å². The van der Waals surface area contributed by atoms with Gasteiger partial charge in [-0.1, -0.05) is 59.4 Å². The third kappa shape index (κ3) is 4.76. The Morgan fingerprint density at radius 1 is 1.00 bits per heavy atom. The SMILES string of the molecule is CC(C)(C)c1cc(C=CC(=O)c2ccc3c(c2)SC=CN3)cc(C(C)(C)C)c1O. The molecule has 2 aromatic rings. The molecule has 1 heterocycles. The normalized spacial score (nSPS) is 14.0. The topological polar surface area (TPSA) is 49.3 Å². The van der Waals surface area contributed by atoms with E-state index in [1.165, 1.54) is 0 Å². The van der Waals surface area contributed by atoms with E-state index in [2.05, 4.69) is 46.9 Å². The second-order valence-corrected chi connectivity index (χ2v) is 10.4. The van der Waals surface area contributed by atoms with Crippen LogP contribution in [0, 0.1) is 0 Å². The van der Waals surface area contributed by atoms with Crippen molar-refractivity contribution in [2.45, 2.75) is 57.3 Å². The van der Waals surface area contributed by atoms with E-state index < -0.39 is 0 Å². The molecule has 152 valence electrons. The van der Waals surface area contributed by atoms with Gasteiger partial charge in [0.15, 0.2) is 5.78 Å². The lowest BCUT2D eigenvalue weighted by Gasteiger charge is -2.27. The van der Waals surface area contributed by atoms with Gasteiger partial charge in [0, 0.05) is 27.8 Å². The molecule has 0 aliphatic carbocycles. The van der Waals surface area contributed by atoms with E-state index in [1.807, 2.05) is 48.0 Å². The smallest absolute Gasteiger partial charge is 0.185 e. The van der Waals surface area contributed by atoms with Crippen LogP contribution in [0.1, 0.15) is 68.6 Å². The summed E-state index contributed by atoms with van der Waals surface area (Å²) in [6, 6.07) is 9.65. The van der Waals surface area contributed by atoms with Crippen molar-refractivity contribution >= 4 is 29.3 Å². The van der Waals surface area contributed by atoms with Crippen LogP contribution in [0.2, 0.25) is 0 Å². The highest BCUT2D eigenvalue weighted by Gasteiger charge is 2.26. The average molecular weight is 408 g/mol. The molecule has 3 nitrogen and oxygen atoms in total. The molecular formula is C25H29NO2S. The maximum absolute atomic E-state index is 12.8. The van der Waals surface area contributed by atoms with Gasteiger partial charge in [0.25, 0.3) is 0 Å². The Balaban J connectivity index is 1.95. The van der Waals surface area contributed by atoms with Crippen LogP contribution in [-0.4, -0.2) is 10.9 Å². The second-order valence-electron chi connectivity index (χ2n) is 9.44. The molecule has 29 heavy (non-hydrogen) atoms. The highest BCUT2D eigenvalue weighted by Crippen LogP contribution is 2.40. The van der Waals surface area contributed by atoms with E-state index in [-0.39, 0.29) is 16.6 Å². The van der Waals surface area contributed by atoms with Gasteiger partial charge in [-0.05, 0) is 58.2 Å². The van der Waals surface area contributed by atoms with Gasteiger partial charge in [-0.2, -0.15) is 0 Å². The Bertz CT molecular complexity index is 969. The molecule has 4 heteroatoms. The molecule has 3 rings (SSSR count). The van der Waals surface area contributed by atoms with Crippen LogP contribution in [-0.2, 0) is 10.8 Å². The number of fused-ring (bicyclic) bond motifs is 1. The number of carbonyl (C=O) groups is 1. The summed E-state index contributed by atoms with van der Waals surface area (Å²) < 4.78 is 0. The molecule has 0 fully saturated rings. The number of phenols is 1. The number of rotatable bonds is 3. The van der Waals surface area contributed by atoms with E-state index in [0.717, 1.165) is 27.3 Å². The standard InChI is InChI=1S/C25H29NO2S/c1-24(2,3)18-13-16(14-19(23(18)28)25(4,5)6)7-10-21(27)17-8-9-20-22(15-17)29-12-11-26-20/h7-15,26,28H,1-6H3. The number of phenolic OH excluding ortho intramolecular Hbond substituents is 1. The first-order valence-corrected chi connectivity index (χ1v) is 10.7. The molecule has 0 saturated carbocycles. The van der Waals surface area contributed by atoms with E-state index in [9.17, 15) is 9.90 Å². The van der Waals surface area contributed by atoms with Crippen LogP contribution in [0.25, 0.3) is 6.08 Å². The van der Waals surface area contributed by atoms with Crippen molar-refractivity contribution in [1.29, 1.82) is 0 Å². The van der Waals surface area contributed by atoms with Crippen molar-refractivity contribution in [3.05, 3.63) is 70.3 Å². The fourth-order valence-electron chi connectivity index (χ4n) is 3.29. The van der Waals surface area contributed by atoms with E-state index in [1.54, 1.807) is 17.8 Å². The number of ketones is 1. The van der Waals surface area contributed by atoms with Gasteiger partial charge in [-0.3, -0.25) is 4.79 Å². The number of nitrogens with one attached hydrogen (secondary N) is 1. The van der Waals surface area contributed by atoms with Gasteiger partial charge in [-0.25, -0.2) is 0 Å². The van der Waals surface area contributed by atoms with E-state index in [4.69, 9.17) is 0 Å². The number of carbonyl (C=O) groups excluding carboxylic acids is 1. The third-order valence-electron chi connectivity index (χ3n) is 4.94. The second kappa shape index (κ2) is 7.75. The summed E-state index contributed by atoms with van der Waals surface area (Å²) in [4.78, 5) is 13.8. The summed E-state index contributed by atoms with van der Waals surface area (Å²) in [6.07, 6.45) is 5.35.